The number of rotatable bonds is 1. The van der Waals surface area contributed by atoms with Crippen LogP contribution < -0.4 is 5.32 Å². The molecule has 0 saturated carbocycles. The second-order valence-electron chi connectivity index (χ2n) is 4.68. The van der Waals surface area contributed by atoms with E-state index in [1.165, 1.54) is 24.0 Å². The van der Waals surface area contributed by atoms with Crippen LogP contribution in [0.3, 0.4) is 0 Å². The van der Waals surface area contributed by atoms with Crippen LogP contribution in [-0.2, 0) is 11.3 Å². The van der Waals surface area contributed by atoms with Gasteiger partial charge >= 0.3 is 0 Å². The number of halogens is 1. The van der Waals surface area contributed by atoms with Crippen LogP contribution in [0.1, 0.15) is 29.9 Å². The molecular formula is C12H16BrNO2. The number of hydrogen-bond acceptors (Lipinski definition) is 3. The first kappa shape index (κ1) is 10.8. The maximum absolute atomic E-state index is 5.67. The number of fused-ring (bicyclic) bond motifs is 1. The Morgan fingerprint density at radius 3 is 3.19 bits per heavy atom. The number of ether oxygens (including phenoxy) is 1. The molecule has 3 rings (SSSR count). The van der Waals surface area contributed by atoms with Crippen molar-refractivity contribution < 1.29 is 9.15 Å². The Morgan fingerprint density at radius 2 is 2.38 bits per heavy atom. The first-order chi connectivity index (χ1) is 7.86. The fourth-order valence-electron chi connectivity index (χ4n) is 2.84. The van der Waals surface area contributed by atoms with Crippen molar-refractivity contribution >= 4 is 15.9 Å². The highest BCUT2D eigenvalue weighted by molar-refractivity contribution is 9.10. The van der Waals surface area contributed by atoms with Gasteiger partial charge in [0.25, 0.3) is 0 Å². The van der Waals surface area contributed by atoms with Gasteiger partial charge in [-0.3, -0.25) is 0 Å². The first-order valence-corrected chi connectivity index (χ1v) is 6.70. The van der Waals surface area contributed by atoms with Gasteiger partial charge in [-0.25, -0.2) is 0 Å². The highest BCUT2D eigenvalue weighted by atomic mass is 79.9. The SMILES string of the molecule is Brc1occ2c1C(C1CCCNC1)COC2. The Kier molecular flexibility index (Phi) is 3.05. The van der Waals surface area contributed by atoms with E-state index in [1.54, 1.807) is 0 Å². The minimum Gasteiger partial charge on any atom is -0.457 e. The Bertz CT molecular complexity index is 371. The molecule has 0 amide bonds. The molecule has 2 unspecified atom stereocenters. The fraction of sp³-hybridized carbons (Fsp3) is 0.667. The molecule has 3 nitrogen and oxygen atoms in total. The Morgan fingerprint density at radius 1 is 1.44 bits per heavy atom. The third-order valence-electron chi connectivity index (χ3n) is 3.69. The topological polar surface area (TPSA) is 34.4 Å². The standard InChI is InChI=1S/C12H16BrNO2/c13-12-11-9(6-16-12)5-15-7-10(11)8-2-1-3-14-4-8/h6,8,10,14H,1-5,7H2. The van der Waals surface area contributed by atoms with Crippen LogP contribution in [0.15, 0.2) is 15.3 Å². The van der Waals surface area contributed by atoms with Crippen LogP contribution in [0.5, 0.6) is 0 Å². The molecule has 88 valence electrons. The molecule has 1 N–H and O–H groups in total. The van der Waals surface area contributed by atoms with Gasteiger partial charge in [-0.2, -0.15) is 0 Å². The molecule has 0 radical (unpaired) electrons. The lowest BCUT2D eigenvalue weighted by molar-refractivity contribution is 0.0704. The highest BCUT2D eigenvalue weighted by Gasteiger charge is 2.32. The van der Waals surface area contributed by atoms with Crippen molar-refractivity contribution in [2.45, 2.75) is 25.4 Å². The minimum atomic E-state index is 0.490. The van der Waals surface area contributed by atoms with Crippen molar-refractivity contribution in [3.8, 4) is 0 Å². The largest absolute Gasteiger partial charge is 0.457 e. The zero-order valence-electron chi connectivity index (χ0n) is 9.17. The Balaban J connectivity index is 1.88. The van der Waals surface area contributed by atoms with E-state index in [-0.39, 0.29) is 0 Å². The number of piperidine rings is 1. The summed E-state index contributed by atoms with van der Waals surface area (Å²) in [5, 5.41) is 3.47. The molecule has 0 aromatic carbocycles. The van der Waals surface area contributed by atoms with Gasteiger partial charge in [0.2, 0.25) is 0 Å². The van der Waals surface area contributed by atoms with Crippen molar-refractivity contribution in [2.24, 2.45) is 5.92 Å². The summed E-state index contributed by atoms with van der Waals surface area (Å²) in [6.07, 6.45) is 4.38. The van der Waals surface area contributed by atoms with Crippen molar-refractivity contribution in [3.63, 3.8) is 0 Å². The van der Waals surface area contributed by atoms with Crippen LogP contribution >= 0.6 is 15.9 Å². The predicted molar refractivity (Wildman–Crippen MR) is 64.4 cm³/mol. The van der Waals surface area contributed by atoms with E-state index in [0.29, 0.717) is 18.4 Å². The molecule has 0 aliphatic carbocycles. The molecule has 1 saturated heterocycles. The van der Waals surface area contributed by atoms with Gasteiger partial charge in [0.15, 0.2) is 4.67 Å². The molecule has 16 heavy (non-hydrogen) atoms. The Hall–Kier alpha value is -0.320. The number of nitrogens with one attached hydrogen (secondary N) is 1. The zero-order chi connectivity index (χ0) is 11.0. The molecule has 0 spiro atoms. The molecule has 0 bridgehead atoms. The quantitative estimate of drug-likeness (QED) is 0.862. The van der Waals surface area contributed by atoms with Crippen LogP contribution in [0.25, 0.3) is 0 Å². The lowest BCUT2D eigenvalue weighted by atomic mass is 9.81. The van der Waals surface area contributed by atoms with Crippen LogP contribution in [0.2, 0.25) is 0 Å². The summed E-state index contributed by atoms with van der Waals surface area (Å²) in [7, 11) is 0. The average molecular weight is 286 g/mol. The molecule has 2 aliphatic heterocycles. The molecular weight excluding hydrogens is 270 g/mol. The van der Waals surface area contributed by atoms with E-state index < -0.39 is 0 Å². The van der Waals surface area contributed by atoms with E-state index in [1.807, 2.05) is 6.26 Å². The monoisotopic (exact) mass is 285 g/mol. The van der Waals surface area contributed by atoms with Crippen molar-refractivity contribution in [1.82, 2.24) is 5.32 Å². The fourth-order valence-corrected chi connectivity index (χ4v) is 3.49. The van der Waals surface area contributed by atoms with E-state index >= 15 is 0 Å². The lowest BCUT2D eigenvalue weighted by Gasteiger charge is -2.33. The smallest absolute Gasteiger partial charge is 0.172 e. The Labute approximate surface area is 104 Å². The molecule has 2 atom stereocenters. The molecule has 2 aliphatic rings. The maximum Gasteiger partial charge on any atom is 0.172 e. The first-order valence-electron chi connectivity index (χ1n) is 5.90. The maximum atomic E-state index is 5.67. The minimum absolute atomic E-state index is 0.490. The molecule has 4 heteroatoms. The van der Waals surface area contributed by atoms with Crippen LogP contribution in [0, 0.1) is 5.92 Å². The average Bonchev–Trinajstić information content (AvgIpc) is 2.73. The predicted octanol–water partition coefficient (Wildman–Crippen LogP) is 2.66. The van der Waals surface area contributed by atoms with Gasteiger partial charge in [-0.15, -0.1) is 0 Å². The third-order valence-corrected chi connectivity index (χ3v) is 4.31. The molecule has 3 heterocycles. The number of furan rings is 1. The van der Waals surface area contributed by atoms with Gasteiger partial charge in [0, 0.05) is 17.0 Å². The van der Waals surface area contributed by atoms with Crippen molar-refractivity contribution in [2.75, 3.05) is 19.7 Å². The molecule has 1 fully saturated rings. The van der Waals surface area contributed by atoms with E-state index in [9.17, 15) is 0 Å². The van der Waals surface area contributed by atoms with Gasteiger partial charge in [-0.1, -0.05) is 0 Å². The summed E-state index contributed by atoms with van der Waals surface area (Å²) in [6, 6.07) is 0. The number of hydrogen-bond donors (Lipinski definition) is 1. The molecule has 1 aromatic rings. The zero-order valence-corrected chi connectivity index (χ0v) is 10.8. The van der Waals surface area contributed by atoms with E-state index in [4.69, 9.17) is 9.15 Å². The second-order valence-corrected chi connectivity index (χ2v) is 5.40. The van der Waals surface area contributed by atoms with Gasteiger partial charge < -0.3 is 14.5 Å². The van der Waals surface area contributed by atoms with Crippen LogP contribution in [-0.4, -0.2) is 19.7 Å². The third kappa shape index (κ3) is 1.83. The summed E-state index contributed by atoms with van der Waals surface area (Å²) in [5.74, 6) is 1.17. The van der Waals surface area contributed by atoms with Crippen molar-refractivity contribution in [1.29, 1.82) is 0 Å². The summed E-state index contributed by atoms with van der Waals surface area (Å²) >= 11 is 3.52. The summed E-state index contributed by atoms with van der Waals surface area (Å²) in [6.45, 7) is 3.78. The second kappa shape index (κ2) is 4.51. The van der Waals surface area contributed by atoms with Crippen LogP contribution in [0.4, 0.5) is 0 Å². The van der Waals surface area contributed by atoms with Crippen molar-refractivity contribution in [3.05, 3.63) is 22.1 Å². The van der Waals surface area contributed by atoms with E-state index in [0.717, 1.165) is 24.4 Å². The highest BCUT2D eigenvalue weighted by Crippen LogP contribution is 2.40. The normalized spacial score (nSPS) is 30.1. The summed E-state index contributed by atoms with van der Waals surface area (Å²) < 4.78 is 12.0. The van der Waals surface area contributed by atoms with E-state index in [2.05, 4.69) is 21.2 Å². The lowest BCUT2D eigenvalue weighted by Crippen LogP contribution is -2.36. The summed E-state index contributed by atoms with van der Waals surface area (Å²) in [5.41, 5.74) is 2.56. The summed E-state index contributed by atoms with van der Waals surface area (Å²) in [4.78, 5) is 0. The molecule has 1 aromatic heterocycles. The van der Waals surface area contributed by atoms with Gasteiger partial charge in [-0.05, 0) is 47.8 Å². The van der Waals surface area contributed by atoms with Gasteiger partial charge in [0.1, 0.15) is 0 Å². The van der Waals surface area contributed by atoms with Gasteiger partial charge in [0.05, 0.1) is 19.5 Å².